The maximum absolute atomic E-state index is 12.4. The van der Waals surface area contributed by atoms with Crippen LogP contribution in [0.25, 0.3) is 6.08 Å². The van der Waals surface area contributed by atoms with Crippen molar-refractivity contribution in [2.75, 3.05) is 7.11 Å². The molecular weight excluding hydrogens is 531 g/mol. The predicted molar refractivity (Wildman–Crippen MR) is 137 cm³/mol. The molecule has 0 radical (unpaired) electrons. The molecule has 0 N–H and O–H groups in total. The van der Waals surface area contributed by atoms with Gasteiger partial charge in [0.15, 0.2) is 17.2 Å². The minimum atomic E-state index is -0.705. The largest absolute Gasteiger partial charge is 0.493 e. The van der Waals surface area contributed by atoms with Gasteiger partial charge >= 0.3 is 5.97 Å². The van der Waals surface area contributed by atoms with Crippen molar-refractivity contribution in [2.24, 2.45) is 4.99 Å². The molecule has 0 atom stereocenters. The maximum Gasteiger partial charge on any atom is 0.363 e. The Balaban J connectivity index is 1.60. The molecule has 36 heavy (non-hydrogen) atoms. The summed E-state index contributed by atoms with van der Waals surface area (Å²) in [7, 11) is 1.46. The third-order valence-electron chi connectivity index (χ3n) is 5.20. The first-order chi connectivity index (χ1) is 17.2. The Morgan fingerprint density at radius 3 is 2.53 bits per heavy atom. The lowest BCUT2D eigenvalue weighted by molar-refractivity contribution is -0.385. The van der Waals surface area contributed by atoms with Crippen LogP contribution in [0.4, 0.5) is 5.69 Å². The van der Waals surface area contributed by atoms with Crippen molar-refractivity contribution in [1.82, 2.24) is 0 Å². The van der Waals surface area contributed by atoms with Crippen LogP contribution in [0.3, 0.4) is 0 Å². The summed E-state index contributed by atoms with van der Waals surface area (Å²) in [4.78, 5) is 27.4. The molecule has 184 valence electrons. The summed E-state index contributed by atoms with van der Waals surface area (Å²) in [6, 6.07) is 12.8. The molecule has 0 unspecified atom stereocenters. The molecule has 4 rings (SSSR count). The highest BCUT2D eigenvalue weighted by atomic mass is 35.5. The van der Waals surface area contributed by atoms with Gasteiger partial charge in [0.05, 0.1) is 27.1 Å². The lowest BCUT2D eigenvalue weighted by Gasteiger charge is -2.14. The van der Waals surface area contributed by atoms with Crippen LogP contribution in [0, 0.1) is 17.0 Å². The fraction of sp³-hybridized carbons (Fsp3) is 0.120. The van der Waals surface area contributed by atoms with Crippen molar-refractivity contribution in [3.63, 3.8) is 0 Å². The van der Waals surface area contributed by atoms with Crippen LogP contribution in [0.15, 0.2) is 59.2 Å². The van der Waals surface area contributed by atoms with Gasteiger partial charge in [0.1, 0.15) is 6.61 Å². The topological polar surface area (TPSA) is 100 Å². The smallest absolute Gasteiger partial charge is 0.363 e. The van der Waals surface area contributed by atoms with E-state index in [2.05, 4.69) is 4.99 Å². The Hall–Kier alpha value is -3.59. The van der Waals surface area contributed by atoms with Crippen molar-refractivity contribution < 1.29 is 23.9 Å². The van der Waals surface area contributed by atoms with Gasteiger partial charge in [-0.15, -0.1) is 0 Å². The lowest BCUT2D eigenvalue weighted by atomic mass is 10.1. The van der Waals surface area contributed by atoms with Crippen LogP contribution in [0.2, 0.25) is 15.1 Å². The number of hydrogen-bond donors (Lipinski definition) is 0. The van der Waals surface area contributed by atoms with Gasteiger partial charge in [0, 0.05) is 17.2 Å². The number of halogens is 3. The van der Waals surface area contributed by atoms with Crippen LogP contribution in [-0.4, -0.2) is 23.9 Å². The number of nitro benzene ring substituents is 1. The molecule has 3 aromatic rings. The second-order valence-corrected chi connectivity index (χ2v) is 8.89. The molecule has 0 aliphatic carbocycles. The number of ether oxygens (including phenoxy) is 3. The molecule has 11 heteroatoms. The zero-order chi connectivity index (χ0) is 26.0. The van der Waals surface area contributed by atoms with Crippen LogP contribution >= 0.6 is 34.8 Å². The van der Waals surface area contributed by atoms with E-state index in [1.165, 1.54) is 19.3 Å². The summed E-state index contributed by atoms with van der Waals surface area (Å²) < 4.78 is 16.5. The average Bonchev–Trinajstić information content (AvgIpc) is 3.20. The number of esters is 1. The number of nitrogens with zero attached hydrogens (tertiary/aromatic N) is 2. The normalized spacial score (nSPS) is 14.0. The van der Waals surface area contributed by atoms with E-state index in [1.807, 2.05) is 0 Å². The third kappa shape index (κ3) is 5.46. The maximum atomic E-state index is 12.4. The van der Waals surface area contributed by atoms with Gasteiger partial charge in [0.25, 0.3) is 5.69 Å². The average molecular weight is 548 g/mol. The van der Waals surface area contributed by atoms with Crippen molar-refractivity contribution in [3.05, 3.63) is 102 Å². The minimum Gasteiger partial charge on any atom is -0.493 e. The monoisotopic (exact) mass is 546 g/mol. The number of hydrogen-bond acceptors (Lipinski definition) is 7. The molecule has 0 saturated heterocycles. The highest BCUT2D eigenvalue weighted by Gasteiger charge is 2.26. The van der Waals surface area contributed by atoms with E-state index in [1.54, 1.807) is 49.4 Å². The van der Waals surface area contributed by atoms with Crippen LogP contribution in [0.5, 0.6) is 11.5 Å². The number of aliphatic imine (C=N–C) groups is 1. The van der Waals surface area contributed by atoms with Gasteiger partial charge in [-0.25, -0.2) is 9.79 Å². The number of cyclic esters (lactones) is 1. The number of methoxy groups -OCH3 is 1. The Kier molecular flexibility index (Phi) is 7.49. The molecule has 0 amide bonds. The molecular formula is C25H17Cl3N2O6. The standard InChI is InChI=1S/C25H17Cl3N2O6/c1-13-3-5-16(11-21(13)30(32)33)24-29-20(25(31)36-24)9-15-8-19(28)23(22(10-15)34-2)35-12-14-4-6-17(26)18(27)7-14/h3-11H,12H2,1-2H3/b20-9-. The first-order valence-electron chi connectivity index (χ1n) is 10.4. The number of carbonyl (C=O) groups excluding carboxylic acids is 1. The van der Waals surface area contributed by atoms with E-state index in [-0.39, 0.29) is 28.9 Å². The highest BCUT2D eigenvalue weighted by Crippen LogP contribution is 2.38. The molecule has 8 nitrogen and oxygen atoms in total. The summed E-state index contributed by atoms with van der Waals surface area (Å²) in [6.07, 6.45) is 1.47. The zero-order valence-electron chi connectivity index (χ0n) is 18.9. The predicted octanol–water partition coefficient (Wildman–Crippen LogP) is 6.80. The first-order valence-corrected chi connectivity index (χ1v) is 11.5. The van der Waals surface area contributed by atoms with Gasteiger partial charge in [-0.1, -0.05) is 46.9 Å². The van der Waals surface area contributed by atoms with E-state index < -0.39 is 10.9 Å². The minimum absolute atomic E-state index is 0.00387. The Labute approximate surface area is 220 Å². The number of benzene rings is 3. The Morgan fingerprint density at radius 2 is 1.83 bits per heavy atom. The summed E-state index contributed by atoms with van der Waals surface area (Å²) in [5, 5.41) is 12.3. The van der Waals surface area contributed by atoms with Gasteiger partial charge in [-0.2, -0.15) is 0 Å². The fourth-order valence-electron chi connectivity index (χ4n) is 3.38. The van der Waals surface area contributed by atoms with Crippen LogP contribution < -0.4 is 9.47 Å². The number of nitro groups is 1. The quantitative estimate of drug-likeness (QED) is 0.140. The zero-order valence-corrected chi connectivity index (χ0v) is 21.1. The van der Waals surface area contributed by atoms with Crippen molar-refractivity contribution in [1.29, 1.82) is 0 Å². The summed E-state index contributed by atoms with van der Waals surface area (Å²) >= 11 is 18.5. The Bertz CT molecular complexity index is 1450. The molecule has 0 bridgehead atoms. The second-order valence-electron chi connectivity index (χ2n) is 7.67. The SMILES string of the molecule is COc1cc(/C=C2\N=C(c3ccc(C)c([N+](=O)[O-])c3)OC2=O)cc(Cl)c1OCc1ccc(Cl)c(Cl)c1. The fourth-order valence-corrected chi connectivity index (χ4v) is 3.97. The van der Waals surface area contributed by atoms with Gasteiger partial charge < -0.3 is 14.2 Å². The summed E-state index contributed by atoms with van der Waals surface area (Å²) in [6.45, 7) is 1.78. The highest BCUT2D eigenvalue weighted by molar-refractivity contribution is 6.42. The van der Waals surface area contributed by atoms with Crippen molar-refractivity contribution >= 4 is 58.4 Å². The van der Waals surface area contributed by atoms with E-state index >= 15 is 0 Å². The number of aryl methyl sites for hydroxylation is 1. The van der Waals surface area contributed by atoms with Crippen LogP contribution in [0.1, 0.15) is 22.3 Å². The molecule has 3 aromatic carbocycles. The van der Waals surface area contributed by atoms with Crippen molar-refractivity contribution in [3.8, 4) is 11.5 Å². The van der Waals surface area contributed by atoms with Gasteiger partial charge in [-0.3, -0.25) is 10.1 Å². The summed E-state index contributed by atoms with van der Waals surface area (Å²) in [5.41, 5.74) is 1.97. The van der Waals surface area contributed by atoms with Gasteiger partial charge in [-0.05, 0) is 54.5 Å². The van der Waals surface area contributed by atoms with Crippen LogP contribution in [-0.2, 0) is 16.1 Å². The number of rotatable bonds is 7. The molecule has 0 fully saturated rings. The summed E-state index contributed by atoms with van der Waals surface area (Å²) in [5.74, 6) is -0.103. The first kappa shape index (κ1) is 25.5. The lowest BCUT2D eigenvalue weighted by Crippen LogP contribution is -2.06. The second kappa shape index (κ2) is 10.6. The third-order valence-corrected chi connectivity index (χ3v) is 6.22. The molecule has 0 aromatic heterocycles. The van der Waals surface area contributed by atoms with E-state index in [4.69, 9.17) is 49.0 Å². The number of carbonyl (C=O) groups is 1. The van der Waals surface area contributed by atoms with E-state index in [0.29, 0.717) is 38.2 Å². The van der Waals surface area contributed by atoms with E-state index in [9.17, 15) is 14.9 Å². The molecule has 1 aliphatic rings. The molecule has 1 aliphatic heterocycles. The van der Waals surface area contributed by atoms with E-state index in [0.717, 1.165) is 5.56 Å². The molecule has 0 spiro atoms. The van der Waals surface area contributed by atoms with Gasteiger partial charge in [0.2, 0.25) is 5.90 Å². The molecule has 1 heterocycles. The molecule has 0 saturated carbocycles. The Morgan fingerprint density at radius 1 is 1.06 bits per heavy atom. The van der Waals surface area contributed by atoms with Crippen molar-refractivity contribution in [2.45, 2.75) is 13.5 Å².